The molecule has 0 saturated carbocycles. The summed E-state index contributed by atoms with van der Waals surface area (Å²) in [6.45, 7) is 3.07. The van der Waals surface area contributed by atoms with Crippen LogP contribution in [-0.4, -0.2) is 45.2 Å². The maximum Gasteiger partial charge on any atom is 0.451 e. The van der Waals surface area contributed by atoms with Crippen LogP contribution in [0.15, 0.2) is 0 Å². The predicted octanol–water partition coefficient (Wildman–Crippen LogP) is 0.249. The number of fused-ring (bicyclic) bond motifs is 1. The second-order valence-electron chi connectivity index (χ2n) is 4.18. The molecule has 0 spiro atoms. The highest BCUT2D eigenvalue weighted by Crippen LogP contribution is 2.29. The zero-order chi connectivity index (χ0) is 14.0. The fourth-order valence-corrected chi connectivity index (χ4v) is 1.92. The first kappa shape index (κ1) is 13.8. The van der Waals surface area contributed by atoms with Crippen LogP contribution in [0.2, 0.25) is 0 Å². The molecule has 1 aliphatic rings. The fourth-order valence-electron chi connectivity index (χ4n) is 1.92. The van der Waals surface area contributed by atoms with Crippen molar-refractivity contribution in [3.05, 3.63) is 11.6 Å². The summed E-state index contributed by atoms with van der Waals surface area (Å²) < 4.78 is 38.9. The molecule has 106 valence electrons. The van der Waals surface area contributed by atoms with E-state index in [-0.39, 0.29) is 37.9 Å². The van der Waals surface area contributed by atoms with Gasteiger partial charge in [0.05, 0.1) is 13.1 Å². The Hall–Kier alpha value is -1.64. The van der Waals surface area contributed by atoms with Crippen molar-refractivity contribution >= 4 is 5.91 Å². The van der Waals surface area contributed by atoms with E-state index in [9.17, 15) is 18.0 Å². The zero-order valence-electron chi connectivity index (χ0n) is 10.4. The molecule has 0 saturated heterocycles. The number of rotatable bonds is 3. The fraction of sp³-hybridized carbons (Fsp3) is 0.700. The van der Waals surface area contributed by atoms with E-state index in [4.69, 9.17) is 0 Å². The van der Waals surface area contributed by atoms with Gasteiger partial charge in [-0.05, 0) is 6.54 Å². The van der Waals surface area contributed by atoms with Crippen molar-refractivity contribution < 1.29 is 18.0 Å². The van der Waals surface area contributed by atoms with Crippen LogP contribution in [0.1, 0.15) is 18.6 Å². The molecule has 6 nitrogen and oxygen atoms in total. The van der Waals surface area contributed by atoms with E-state index >= 15 is 0 Å². The normalized spacial score (nSPS) is 15.5. The van der Waals surface area contributed by atoms with E-state index in [1.54, 1.807) is 0 Å². The van der Waals surface area contributed by atoms with E-state index in [1.165, 1.54) is 4.90 Å². The first-order valence-corrected chi connectivity index (χ1v) is 5.91. The average molecular weight is 277 g/mol. The molecule has 1 aliphatic heterocycles. The Balaban J connectivity index is 2.09. The molecule has 0 radical (unpaired) electrons. The van der Waals surface area contributed by atoms with Crippen molar-refractivity contribution in [1.82, 2.24) is 25.0 Å². The average Bonchev–Trinajstić information content (AvgIpc) is 2.78. The standard InChI is InChI=1S/C10H14F3N5O/c1-2-14-5-8(19)17-3-4-18-7(6-17)15-16-9(18)10(11,12)13/h14H,2-6H2,1H3. The lowest BCUT2D eigenvalue weighted by Gasteiger charge is -2.28. The van der Waals surface area contributed by atoms with E-state index in [2.05, 4.69) is 15.5 Å². The number of halogens is 3. The monoisotopic (exact) mass is 277 g/mol. The SMILES string of the molecule is CCNCC(=O)N1CCn2c(nnc2C(F)(F)F)C1. The Labute approximate surface area is 107 Å². The summed E-state index contributed by atoms with van der Waals surface area (Å²) in [4.78, 5) is 13.2. The first-order chi connectivity index (χ1) is 8.93. The van der Waals surface area contributed by atoms with Gasteiger partial charge in [0.2, 0.25) is 11.7 Å². The van der Waals surface area contributed by atoms with Crippen LogP contribution in [0.3, 0.4) is 0 Å². The largest absolute Gasteiger partial charge is 0.451 e. The maximum atomic E-state index is 12.6. The Bertz CT molecular complexity index is 470. The van der Waals surface area contributed by atoms with E-state index in [1.807, 2.05) is 6.92 Å². The zero-order valence-corrected chi connectivity index (χ0v) is 10.4. The van der Waals surface area contributed by atoms with E-state index in [0.717, 1.165) is 4.57 Å². The van der Waals surface area contributed by atoms with Crippen LogP contribution in [-0.2, 0) is 24.1 Å². The molecule has 1 N–H and O–H groups in total. The molecule has 2 heterocycles. The molecule has 0 unspecified atom stereocenters. The molecule has 0 fully saturated rings. The highest BCUT2D eigenvalue weighted by atomic mass is 19.4. The summed E-state index contributed by atoms with van der Waals surface area (Å²) in [5, 5.41) is 9.56. The second kappa shape index (κ2) is 5.16. The molecule has 9 heteroatoms. The Morgan fingerprint density at radius 1 is 1.37 bits per heavy atom. The number of alkyl halides is 3. The third kappa shape index (κ3) is 2.86. The predicted molar refractivity (Wildman–Crippen MR) is 59.0 cm³/mol. The lowest BCUT2D eigenvalue weighted by Crippen LogP contribution is -2.43. The van der Waals surface area contributed by atoms with Crippen molar-refractivity contribution in [1.29, 1.82) is 0 Å². The minimum atomic E-state index is -4.51. The van der Waals surface area contributed by atoms with Gasteiger partial charge in [-0.3, -0.25) is 4.79 Å². The van der Waals surface area contributed by atoms with Gasteiger partial charge in [0.15, 0.2) is 5.82 Å². The van der Waals surface area contributed by atoms with Gasteiger partial charge in [-0.15, -0.1) is 10.2 Å². The van der Waals surface area contributed by atoms with Crippen molar-refractivity contribution in [2.24, 2.45) is 0 Å². The van der Waals surface area contributed by atoms with Crippen molar-refractivity contribution in [3.63, 3.8) is 0 Å². The second-order valence-corrected chi connectivity index (χ2v) is 4.18. The highest BCUT2D eigenvalue weighted by Gasteiger charge is 2.39. The molecule has 0 aromatic carbocycles. The Morgan fingerprint density at radius 2 is 2.11 bits per heavy atom. The summed E-state index contributed by atoms with van der Waals surface area (Å²) >= 11 is 0. The number of hydrogen-bond donors (Lipinski definition) is 1. The number of nitrogens with one attached hydrogen (secondary N) is 1. The summed E-state index contributed by atoms with van der Waals surface area (Å²) in [5.74, 6) is -0.977. The molecular weight excluding hydrogens is 263 g/mol. The molecule has 0 atom stereocenters. The number of aromatic nitrogens is 3. The van der Waals surface area contributed by atoms with Crippen LogP contribution in [0.25, 0.3) is 0 Å². The van der Waals surface area contributed by atoms with Crippen LogP contribution in [0, 0.1) is 0 Å². The Morgan fingerprint density at radius 3 is 2.74 bits per heavy atom. The van der Waals surface area contributed by atoms with Gasteiger partial charge in [-0.25, -0.2) is 0 Å². The molecule has 1 aromatic heterocycles. The molecular formula is C10H14F3N5O. The molecule has 0 bridgehead atoms. The topological polar surface area (TPSA) is 63.1 Å². The van der Waals surface area contributed by atoms with Crippen LogP contribution < -0.4 is 5.32 Å². The lowest BCUT2D eigenvalue weighted by atomic mass is 10.3. The van der Waals surface area contributed by atoms with Crippen molar-refractivity contribution in [2.75, 3.05) is 19.6 Å². The number of amides is 1. The first-order valence-electron chi connectivity index (χ1n) is 5.91. The number of nitrogens with zero attached hydrogens (tertiary/aromatic N) is 4. The van der Waals surface area contributed by atoms with Gasteiger partial charge >= 0.3 is 6.18 Å². The molecule has 19 heavy (non-hydrogen) atoms. The van der Waals surface area contributed by atoms with Gasteiger partial charge in [0, 0.05) is 13.1 Å². The molecule has 1 aromatic rings. The smallest absolute Gasteiger partial charge is 0.332 e. The lowest BCUT2D eigenvalue weighted by molar-refractivity contribution is -0.148. The van der Waals surface area contributed by atoms with Crippen LogP contribution in [0.4, 0.5) is 13.2 Å². The molecule has 2 rings (SSSR count). The summed E-state index contributed by atoms with van der Waals surface area (Å²) in [6.07, 6.45) is -4.51. The maximum absolute atomic E-state index is 12.6. The van der Waals surface area contributed by atoms with Gasteiger partial charge in [-0.1, -0.05) is 6.92 Å². The number of carbonyl (C=O) groups is 1. The third-order valence-electron chi connectivity index (χ3n) is 2.89. The number of hydrogen-bond acceptors (Lipinski definition) is 4. The Kier molecular flexibility index (Phi) is 3.74. The van der Waals surface area contributed by atoms with E-state index < -0.39 is 12.0 Å². The quantitative estimate of drug-likeness (QED) is 0.860. The van der Waals surface area contributed by atoms with E-state index in [0.29, 0.717) is 6.54 Å². The third-order valence-corrected chi connectivity index (χ3v) is 2.89. The summed E-state index contributed by atoms with van der Waals surface area (Å²) in [6, 6.07) is 0. The highest BCUT2D eigenvalue weighted by molar-refractivity contribution is 5.78. The van der Waals surface area contributed by atoms with Gasteiger partial charge in [-0.2, -0.15) is 13.2 Å². The summed E-state index contributed by atoms with van der Waals surface area (Å²) in [7, 11) is 0. The van der Waals surface area contributed by atoms with Crippen molar-refractivity contribution in [3.8, 4) is 0 Å². The van der Waals surface area contributed by atoms with Crippen molar-refractivity contribution in [2.45, 2.75) is 26.2 Å². The number of likely N-dealkylation sites (N-methyl/N-ethyl adjacent to an activating group) is 1. The van der Waals surface area contributed by atoms with Gasteiger partial charge in [0.25, 0.3) is 0 Å². The summed E-state index contributed by atoms with van der Waals surface area (Å²) in [5.41, 5.74) is 0. The molecule has 0 aliphatic carbocycles. The molecule has 1 amide bonds. The van der Waals surface area contributed by atoms with Gasteiger partial charge in [0.1, 0.15) is 0 Å². The van der Waals surface area contributed by atoms with Crippen LogP contribution in [0.5, 0.6) is 0 Å². The van der Waals surface area contributed by atoms with Gasteiger partial charge < -0.3 is 14.8 Å². The minimum absolute atomic E-state index is 0.0628. The number of carbonyl (C=O) groups excluding carboxylic acids is 1. The van der Waals surface area contributed by atoms with Crippen LogP contribution >= 0.6 is 0 Å². The minimum Gasteiger partial charge on any atom is -0.332 e.